The third-order valence-corrected chi connectivity index (χ3v) is 8.86. The molecule has 4 heteroatoms. The summed E-state index contributed by atoms with van der Waals surface area (Å²) in [7, 11) is 0. The van der Waals surface area contributed by atoms with Crippen LogP contribution < -0.4 is 0 Å². The van der Waals surface area contributed by atoms with E-state index in [-0.39, 0.29) is 5.41 Å². The van der Waals surface area contributed by atoms with E-state index in [1.807, 2.05) is 6.07 Å². The van der Waals surface area contributed by atoms with Gasteiger partial charge in [-0.3, -0.25) is 4.57 Å². The predicted octanol–water partition coefficient (Wildman–Crippen LogP) is 9.45. The summed E-state index contributed by atoms with van der Waals surface area (Å²) in [5.74, 6) is 0.602. The lowest BCUT2D eigenvalue weighted by Gasteiger charge is -2.21. The zero-order valence-corrected chi connectivity index (χ0v) is 22.7. The van der Waals surface area contributed by atoms with Gasteiger partial charge in [0.1, 0.15) is 5.58 Å². The number of benzene rings is 5. The third-order valence-electron chi connectivity index (χ3n) is 8.86. The Kier molecular flexibility index (Phi) is 4.36. The molecule has 5 aromatic carbocycles. The summed E-state index contributed by atoms with van der Waals surface area (Å²) >= 11 is 0. The van der Waals surface area contributed by atoms with Crippen LogP contribution in [-0.4, -0.2) is 14.5 Å². The molecule has 1 aliphatic rings. The minimum atomic E-state index is -0.111. The highest BCUT2D eigenvalue weighted by atomic mass is 16.3. The number of hydrogen-bond acceptors (Lipinski definition) is 3. The summed E-state index contributed by atoms with van der Waals surface area (Å²) < 4.78 is 8.78. The molecule has 9 rings (SSSR count). The molecule has 0 N–H and O–H groups in total. The Bertz CT molecular complexity index is 2290. The number of aromatic nitrogens is 3. The SMILES string of the molecule is CC1(C)c2ccccc2-c2c1ccc1oc3nc(-n4c5ccccc5c5ccccc54)nc(-c4ccccc4)c3c21. The second-order valence-corrected chi connectivity index (χ2v) is 11.4. The first kappa shape index (κ1) is 22.6. The summed E-state index contributed by atoms with van der Waals surface area (Å²) in [6.45, 7) is 4.61. The van der Waals surface area contributed by atoms with Gasteiger partial charge in [-0.25, -0.2) is 4.98 Å². The summed E-state index contributed by atoms with van der Waals surface area (Å²) in [5, 5.41) is 4.40. The molecule has 0 aliphatic heterocycles. The molecule has 194 valence electrons. The van der Waals surface area contributed by atoms with Gasteiger partial charge in [0.15, 0.2) is 0 Å². The fraction of sp³-hybridized carbons (Fsp3) is 0.0811. The van der Waals surface area contributed by atoms with E-state index in [0.717, 1.165) is 38.6 Å². The summed E-state index contributed by atoms with van der Waals surface area (Å²) in [5.41, 5.74) is 10.5. The van der Waals surface area contributed by atoms with Gasteiger partial charge in [-0.05, 0) is 40.5 Å². The molecule has 3 heterocycles. The van der Waals surface area contributed by atoms with E-state index in [1.54, 1.807) is 0 Å². The van der Waals surface area contributed by atoms with Gasteiger partial charge in [0, 0.05) is 27.1 Å². The minimum absolute atomic E-state index is 0.111. The van der Waals surface area contributed by atoms with Crippen LogP contribution in [0.5, 0.6) is 0 Å². The largest absolute Gasteiger partial charge is 0.437 e. The molecule has 0 bridgehead atoms. The average molecular weight is 528 g/mol. The Morgan fingerprint density at radius 1 is 0.610 bits per heavy atom. The molecule has 0 saturated carbocycles. The smallest absolute Gasteiger partial charge is 0.238 e. The van der Waals surface area contributed by atoms with Crippen molar-refractivity contribution in [2.45, 2.75) is 19.3 Å². The standard InChI is InChI=1S/C37H25N3O/c1-37(2)26-17-9-6-16-25(26)31-27(37)20-21-30-32(31)33-34(22-12-4-3-5-13-22)38-36(39-35(33)41-30)40-28-18-10-7-14-23(28)24-15-8-11-19-29(24)40/h3-21H,1-2H3. The quantitative estimate of drug-likeness (QED) is 0.225. The first-order valence-electron chi connectivity index (χ1n) is 14.0. The Morgan fingerprint density at radius 3 is 2.02 bits per heavy atom. The van der Waals surface area contributed by atoms with Crippen molar-refractivity contribution in [2.75, 3.05) is 0 Å². The van der Waals surface area contributed by atoms with E-state index in [4.69, 9.17) is 14.4 Å². The Balaban J connectivity index is 1.45. The third kappa shape index (κ3) is 2.94. The molecule has 0 radical (unpaired) electrons. The molecule has 0 saturated heterocycles. The number of rotatable bonds is 2. The highest BCUT2D eigenvalue weighted by Crippen LogP contribution is 2.53. The van der Waals surface area contributed by atoms with E-state index >= 15 is 0 Å². The topological polar surface area (TPSA) is 43.9 Å². The van der Waals surface area contributed by atoms with Gasteiger partial charge in [0.25, 0.3) is 0 Å². The van der Waals surface area contributed by atoms with Crippen molar-refractivity contribution in [3.63, 3.8) is 0 Å². The molecule has 8 aromatic rings. The fourth-order valence-corrected chi connectivity index (χ4v) is 6.98. The minimum Gasteiger partial charge on any atom is -0.437 e. The number of para-hydroxylation sites is 2. The van der Waals surface area contributed by atoms with Gasteiger partial charge in [0.2, 0.25) is 11.7 Å². The van der Waals surface area contributed by atoms with Crippen molar-refractivity contribution in [1.82, 2.24) is 14.5 Å². The predicted molar refractivity (Wildman–Crippen MR) is 167 cm³/mol. The first-order valence-corrected chi connectivity index (χ1v) is 14.0. The highest BCUT2D eigenvalue weighted by Gasteiger charge is 2.37. The summed E-state index contributed by atoms with van der Waals surface area (Å²) in [6.07, 6.45) is 0. The van der Waals surface area contributed by atoms with Gasteiger partial charge in [-0.1, -0.05) is 111 Å². The number of fused-ring (bicyclic) bond motifs is 10. The molecule has 41 heavy (non-hydrogen) atoms. The highest BCUT2D eigenvalue weighted by molar-refractivity contribution is 6.18. The molecule has 3 aromatic heterocycles. The van der Waals surface area contributed by atoms with Crippen molar-refractivity contribution in [2.24, 2.45) is 0 Å². The maximum absolute atomic E-state index is 6.62. The van der Waals surface area contributed by atoms with Gasteiger partial charge in [0.05, 0.1) is 22.1 Å². The monoisotopic (exact) mass is 527 g/mol. The van der Waals surface area contributed by atoms with E-state index in [9.17, 15) is 0 Å². The second kappa shape index (κ2) is 7.92. The Morgan fingerprint density at radius 2 is 1.27 bits per heavy atom. The molecule has 4 nitrogen and oxygen atoms in total. The van der Waals surface area contributed by atoms with Crippen LogP contribution in [0.1, 0.15) is 25.0 Å². The van der Waals surface area contributed by atoms with Crippen molar-refractivity contribution < 1.29 is 4.42 Å². The van der Waals surface area contributed by atoms with Crippen molar-refractivity contribution in [3.05, 3.63) is 126 Å². The van der Waals surface area contributed by atoms with Crippen LogP contribution >= 0.6 is 0 Å². The molecular weight excluding hydrogens is 502 g/mol. The van der Waals surface area contributed by atoms with Crippen LogP contribution in [0.15, 0.2) is 120 Å². The van der Waals surface area contributed by atoms with E-state index < -0.39 is 0 Å². The van der Waals surface area contributed by atoms with E-state index in [2.05, 4.69) is 128 Å². The number of hydrogen-bond donors (Lipinski definition) is 0. The zero-order valence-electron chi connectivity index (χ0n) is 22.7. The maximum atomic E-state index is 6.62. The van der Waals surface area contributed by atoms with Gasteiger partial charge in [-0.15, -0.1) is 0 Å². The maximum Gasteiger partial charge on any atom is 0.238 e. The van der Waals surface area contributed by atoms with Crippen molar-refractivity contribution in [1.29, 1.82) is 0 Å². The molecule has 1 aliphatic carbocycles. The fourth-order valence-electron chi connectivity index (χ4n) is 6.98. The van der Waals surface area contributed by atoms with Crippen LogP contribution in [0.25, 0.3) is 72.2 Å². The van der Waals surface area contributed by atoms with E-state index in [0.29, 0.717) is 11.7 Å². The zero-order chi connectivity index (χ0) is 27.3. The van der Waals surface area contributed by atoms with Crippen LogP contribution in [0.3, 0.4) is 0 Å². The first-order chi connectivity index (χ1) is 20.1. The molecule has 0 amide bonds. The summed E-state index contributed by atoms with van der Waals surface area (Å²) in [4.78, 5) is 10.5. The normalized spacial score (nSPS) is 13.8. The second-order valence-electron chi connectivity index (χ2n) is 11.4. The molecule has 0 spiro atoms. The Hall–Kier alpha value is -5.22. The van der Waals surface area contributed by atoms with Crippen LogP contribution in [-0.2, 0) is 5.41 Å². The Labute approximate surface area is 236 Å². The molecule has 0 fully saturated rings. The average Bonchev–Trinajstić information content (AvgIpc) is 3.63. The number of nitrogens with zero attached hydrogens (tertiary/aromatic N) is 3. The van der Waals surface area contributed by atoms with Gasteiger partial charge in [-0.2, -0.15) is 4.98 Å². The lowest BCUT2D eigenvalue weighted by Crippen LogP contribution is -2.14. The molecular formula is C37H25N3O. The van der Waals surface area contributed by atoms with Crippen LogP contribution in [0, 0.1) is 0 Å². The van der Waals surface area contributed by atoms with Crippen LogP contribution in [0.4, 0.5) is 0 Å². The lowest BCUT2D eigenvalue weighted by molar-refractivity contribution is 0.648. The molecule has 0 unspecified atom stereocenters. The van der Waals surface area contributed by atoms with Gasteiger partial charge < -0.3 is 4.42 Å². The van der Waals surface area contributed by atoms with E-state index in [1.165, 1.54) is 33.0 Å². The number of furan rings is 1. The summed E-state index contributed by atoms with van der Waals surface area (Å²) in [6, 6.07) is 40.4. The van der Waals surface area contributed by atoms with Crippen LogP contribution in [0.2, 0.25) is 0 Å². The lowest BCUT2D eigenvalue weighted by atomic mass is 9.82. The molecule has 0 atom stereocenters. The van der Waals surface area contributed by atoms with Gasteiger partial charge >= 0.3 is 0 Å². The van der Waals surface area contributed by atoms with Crippen molar-refractivity contribution in [3.8, 4) is 28.3 Å². The van der Waals surface area contributed by atoms with Crippen molar-refractivity contribution >= 4 is 43.9 Å².